The second kappa shape index (κ2) is 5.34. The number of urea groups is 1. The Morgan fingerprint density at radius 3 is 2.19 bits per heavy atom. The van der Waals surface area contributed by atoms with Crippen molar-refractivity contribution in [2.24, 2.45) is 0 Å². The average Bonchev–Trinajstić information content (AvgIpc) is 2.68. The van der Waals surface area contributed by atoms with Crippen molar-refractivity contribution in [2.75, 3.05) is 13.1 Å². The van der Waals surface area contributed by atoms with Crippen molar-refractivity contribution in [1.82, 2.24) is 10.2 Å². The fraction of sp³-hybridized carbons (Fsp3) is 0.667. The molecule has 90 valence electrons. The molecule has 0 aromatic heterocycles. The van der Waals surface area contributed by atoms with Crippen molar-refractivity contribution >= 4 is 18.0 Å². The van der Waals surface area contributed by atoms with E-state index in [9.17, 15) is 14.4 Å². The number of likely N-dealkylation sites (tertiary alicyclic amines) is 1. The van der Waals surface area contributed by atoms with Gasteiger partial charge in [0.2, 0.25) is 0 Å². The molecule has 0 aromatic carbocycles. The van der Waals surface area contributed by atoms with E-state index in [4.69, 9.17) is 10.2 Å². The first-order valence-corrected chi connectivity index (χ1v) is 5.00. The maximum absolute atomic E-state index is 11.5. The van der Waals surface area contributed by atoms with Gasteiger partial charge in [-0.2, -0.15) is 0 Å². The van der Waals surface area contributed by atoms with Crippen molar-refractivity contribution in [3.8, 4) is 0 Å². The molecule has 1 saturated heterocycles. The predicted octanol–water partition coefficient (Wildman–Crippen LogP) is -0.280. The molecule has 1 atom stereocenters. The third-order valence-corrected chi connectivity index (χ3v) is 2.37. The predicted molar refractivity (Wildman–Crippen MR) is 53.0 cm³/mol. The van der Waals surface area contributed by atoms with Crippen LogP contribution in [-0.4, -0.2) is 52.2 Å². The van der Waals surface area contributed by atoms with Gasteiger partial charge >= 0.3 is 18.0 Å². The fourth-order valence-corrected chi connectivity index (χ4v) is 1.54. The summed E-state index contributed by atoms with van der Waals surface area (Å²) in [5.74, 6) is -2.59. The molecule has 1 aliphatic rings. The number of carbonyl (C=O) groups is 3. The van der Waals surface area contributed by atoms with E-state index < -0.39 is 30.4 Å². The molecule has 7 nitrogen and oxygen atoms in total. The topological polar surface area (TPSA) is 107 Å². The van der Waals surface area contributed by atoms with E-state index in [1.807, 2.05) is 0 Å². The molecule has 1 fully saturated rings. The fourth-order valence-electron chi connectivity index (χ4n) is 1.54. The Kier molecular flexibility index (Phi) is 4.10. The highest BCUT2D eigenvalue weighted by molar-refractivity contribution is 5.86. The van der Waals surface area contributed by atoms with Gasteiger partial charge in [-0.05, 0) is 12.8 Å². The van der Waals surface area contributed by atoms with Crippen LogP contribution < -0.4 is 5.32 Å². The van der Waals surface area contributed by atoms with Crippen LogP contribution in [-0.2, 0) is 9.59 Å². The number of aliphatic carboxylic acids is 2. The molecular formula is C9H14N2O5. The summed E-state index contributed by atoms with van der Waals surface area (Å²) in [6, 6.07) is -1.88. The first-order valence-electron chi connectivity index (χ1n) is 5.00. The van der Waals surface area contributed by atoms with Gasteiger partial charge in [-0.3, -0.25) is 4.79 Å². The lowest BCUT2D eigenvalue weighted by atomic mass is 10.2. The molecule has 2 amide bonds. The third-order valence-electron chi connectivity index (χ3n) is 2.37. The minimum absolute atomic E-state index is 0.508. The Bertz CT molecular complexity index is 298. The first kappa shape index (κ1) is 12.3. The van der Waals surface area contributed by atoms with E-state index >= 15 is 0 Å². The molecule has 1 aliphatic heterocycles. The normalized spacial score (nSPS) is 16.9. The van der Waals surface area contributed by atoms with E-state index in [2.05, 4.69) is 5.32 Å². The van der Waals surface area contributed by atoms with E-state index in [1.165, 1.54) is 4.90 Å². The summed E-state index contributed by atoms with van der Waals surface area (Å²) in [5, 5.41) is 19.4. The number of carboxylic acids is 2. The van der Waals surface area contributed by atoms with E-state index in [0.29, 0.717) is 13.1 Å². The summed E-state index contributed by atoms with van der Waals surface area (Å²) in [6.07, 6.45) is 1.17. The van der Waals surface area contributed by atoms with Crippen LogP contribution in [0.4, 0.5) is 4.79 Å². The van der Waals surface area contributed by atoms with Gasteiger partial charge in [0.25, 0.3) is 0 Å². The van der Waals surface area contributed by atoms with Crippen LogP contribution in [0.2, 0.25) is 0 Å². The van der Waals surface area contributed by atoms with Gasteiger partial charge in [0, 0.05) is 13.1 Å². The van der Waals surface area contributed by atoms with E-state index in [1.54, 1.807) is 0 Å². The molecule has 1 heterocycles. The molecule has 16 heavy (non-hydrogen) atoms. The summed E-state index contributed by atoms with van der Waals surface area (Å²) in [6.45, 7) is 1.18. The van der Waals surface area contributed by atoms with Gasteiger partial charge in [0.05, 0.1) is 6.42 Å². The summed E-state index contributed by atoms with van der Waals surface area (Å²) >= 11 is 0. The lowest BCUT2D eigenvalue weighted by Gasteiger charge is -2.19. The highest BCUT2D eigenvalue weighted by Crippen LogP contribution is 2.07. The van der Waals surface area contributed by atoms with Crippen molar-refractivity contribution in [3.05, 3.63) is 0 Å². The molecule has 0 bridgehead atoms. The number of carbonyl (C=O) groups excluding carboxylic acids is 1. The zero-order chi connectivity index (χ0) is 12.1. The summed E-state index contributed by atoms with van der Waals surface area (Å²) in [5.41, 5.74) is 0. The highest BCUT2D eigenvalue weighted by atomic mass is 16.4. The number of rotatable bonds is 4. The second-order valence-electron chi connectivity index (χ2n) is 3.63. The molecule has 0 radical (unpaired) electrons. The Balaban J connectivity index is 2.50. The smallest absolute Gasteiger partial charge is 0.326 e. The van der Waals surface area contributed by atoms with Crippen LogP contribution in [0.15, 0.2) is 0 Å². The number of amides is 2. The maximum Gasteiger partial charge on any atom is 0.326 e. The van der Waals surface area contributed by atoms with Crippen molar-refractivity contribution < 1.29 is 24.6 Å². The molecule has 0 unspecified atom stereocenters. The number of carboxylic acid groups (broad SMARTS) is 2. The quantitative estimate of drug-likeness (QED) is 0.615. The van der Waals surface area contributed by atoms with Gasteiger partial charge in [-0.25, -0.2) is 9.59 Å². The van der Waals surface area contributed by atoms with Crippen molar-refractivity contribution in [2.45, 2.75) is 25.3 Å². The number of nitrogens with zero attached hydrogens (tertiary/aromatic N) is 1. The van der Waals surface area contributed by atoms with Gasteiger partial charge in [-0.1, -0.05) is 0 Å². The van der Waals surface area contributed by atoms with Crippen molar-refractivity contribution in [1.29, 1.82) is 0 Å². The van der Waals surface area contributed by atoms with Gasteiger partial charge in [0.1, 0.15) is 6.04 Å². The largest absolute Gasteiger partial charge is 0.481 e. The third kappa shape index (κ3) is 3.41. The Morgan fingerprint density at radius 2 is 1.75 bits per heavy atom. The number of hydrogen-bond donors (Lipinski definition) is 3. The van der Waals surface area contributed by atoms with E-state index in [0.717, 1.165) is 12.8 Å². The molecule has 7 heteroatoms. The zero-order valence-electron chi connectivity index (χ0n) is 8.68. The van der Waals surface area contributed by atoms with Crippen LogP contribution in [0.25, 0.3) is 0 Å². The minimum Gasteiger partial charge on any atom is -0.481 e. The molecule has 0 aliphatic carbocycles. The van der Waals surface area contributed by atoms with Crippen LogP contribution in [0.3, 0.4) is 0 Å². The van der Waals surface area contributed by atoms with Crippen LogP contribution >= 0.6 is 0 Å². The lowest BCUT2D eigenvalue weighted by Crippen LogP contribution is -2.47. The maximum atomic E-state index is 11.5. The molecule has 0 spiro atoms. The first-order chi connectivity index (χ1) is 7.50. The van der Waals surface area contributed by atoms with Gasteiger partial charge in [0.15, 0.2) is 0 Å². The van der Waals surface area contributed by atoms with Gasteiger partial charge < -0.3 is 20.4 Å². The number of nitrogens with one attached hydrogen (secondary N) is 1. The SMILES string of the molecule is O=C(O)C[C@@H](NC(=O)N1CCCC1)C(=O)O. The molecule has 0 saturated carbocycles. The lowest BCUT2D eigenvalue weighted by molar-refractivity contribution is -0.145. The standard InChI is InChI=1S/C9H14N2O5/c12-7(13)5-6(8(14)15)10-9(16)11-3-1-2-4-11/h6H,1-5H2,(H,10,16)(H,12,13)(H,14,15)/t6-/m1/s1. The molecular weight excluding hydrogens is 216 g/mol. The Morgan fingerprint density at radius 1 is 1.19 bits per heavy atom. The Labute approximate surface area is 92.0 Å². The summed E-state index contributed by atoms with van der Waals surface area (Å²) in [7, 11) is 0. The van der Waals surface area contributed by atoms with Gasteiger partial charge in [-0.15, -0.1) is 0 Å². The van der Waals surface area contributed by atoms with Crippen molar-refractivity contribution in [3.63, 3.8) is 0 Å². The minimum atomic E-state index is -1.37. The monoisotopic (exact) mass is 230 g/mol. The summed E-state index contributed by atoms with van der Waals surface area (Å²) in [4.78, 5) is 34.1. The highest BCUT2D eigenvalue weighted by Gasteiger charge is 2.26. The van der Waals surface area contributed by atoms with Crippen LogP contribution in [0.1, 0.15) is 19.3 Å². The number of hydrogen-bond acceptors (Lipinski definition) is 3. The average molecular weight is 230 g/mol. The van der Waals surface area contributed by atoms with Crippen LogP contribution in [0, 0.1) is 0 Å². The molecule has 1 rings (SSSR count). The van der Waals surface area contributed by atoms with E-state index in [-0.39, 0.29) is 0 Å². The Hall–Kier alpha value is -1.79. The molecule has 0 aromatic rings. The summed E-state index contributed by atoms with van der Waals surface area (Å²) < 4.78 is 0. The zero-order valence-corrected chi connectivity index (χ0v) is 8.68. The van der Waals surface area contributed by atoms with Crippen LogP contribution in [0.5, 0.6) is 0 Å². The molecule has 3 N–H and O–H groups in total. The second-order valence-corrected chi connectivity index (χ2v) is 3.63.